The van der Waals surface area contributed by atoms with Crippen LogP contribution in [0.25, 0.3) is 10.8 Å². The van der Waals surface area contributed by atoms with Crippen LogP contribution in [-0.4, -0.2) is 33.7 Å². The number of hydrogen-bond donors (Lipinski definition) is 3. The van der Waals surface area contributed by atoms with Gasteiger partial charge in [-0.25, -0.2) is 4.79 Å². The summed E-state index contributed by atoms with van der Waals surface area (Å²) in [5.74, 6) is -1.03. The van der Waals surface area contributed by atoms with E-state index in [0.29, 0.717) is 43.1 Å². The molecule has 4 saturated carbocycles. The fourth-order valence-electron chi connectivity index (χ4n) is 7.83. The first-order valence-electron chi connectivity index (χ1n) is 13.5. The van der Waals surface area contributed by atoms with E-state index in [4.69, 9.17) is 4.74 Å². The van der Waals surface area contributed by atoms with Crippen molar-refractivity contribution in [3.63, 3.8) is 0 Å². The van der Waals surface area contributed by atoms with Crippen LogP contribution >= 0.6 is 0 Å². The Hall–Kier alpha value is -3.59. The molecule has 7 rings (SSSR count). The highest BCUT2D eigenvalue weighted by molar-refractivity contribution is 6.05. The number of alkyl halides is 3. The maximum absolute atomic E-state index is 13.7. The van der Waals surface area contributed by atoms with Gasteiger partial charge in [0.1, 0.15) is 18.4 Å². The number of carbonyl (C=O) groups excluding carboxylic acids is 1. The van der Waals surface area contributed by atoms with E-state index in [9.17, 15) is 33.0 Å². The number of carboxylic acids is 1. The van der Waals surface area contributed by atoms with Crippen LogP contribution in [-0.2, 0) is 17.6 Å². The quantitative estimate of drug-likeness (QED) is 0.336. The minimum Gasteiger partial charge on any atom is -0.487 e. The third kappa shape index (κ3) is 4.80. The number of rotatable bonds is 7. The number of halogens is 3. The van der Waals surface area contributed by atoms with E-state index in [1.54, 1.807) is 24.3 Å². The molecule has 3 unspecified atom stereocenters. The van der Waals surface area contributed by atoms with Crippen molar-refractivity contribution in [1.29, 1.82) is 0 Å². The average molecular weight is 554 g/mol. The molecule has 3 aromatic carbocycles. The van der Waals surface area contributed by atoms with E-state index in [2.05, 4.69) is 5.32 Å². The molecule has 0 aliphatic heterocycles. The molecule has 4 aliphatic carbocycles. The molecule has 0 aromatic heterocycles. The summed E-state index contributed by atoms with van der Waals surface area (Å²) in [5, 5.41) is 25.6. The van der Waals surface area contributed by atoms with Crippen LogP contribution in [0.5, 0.6) is 5.75 Å². The molecule has 4 bridgehead atoms. The summed E-state index contributed by atoms with van der Waals surface area (Å²) in [7, 11) is 0. The molecule has 210 valence electrons. The van der Waals surface area contributed by atoms with Gasteiger partial charge in [0.2, 0.25) is 0 Å². The predicted molar refractivity (Wildman–Crippen MR) is 141 cm³/mol. The van der Waals surface area contributed by atoms with Gasteiger partial charge in [-0.2, -0.15) is 13.2 Å². The van der Waals surface area contributed by atoms with Crippen LogP contribution in [0.4, 0.5) is 13.2 Å². The van der Waals surface area contributed by atoms with Gasteiger partial charge < -0.3 is 20.3 Å². The summed E-state index contributed by atoms with van der Waals surface area (Å²) in [6, 6.07) is 14.0. The molecule has 3 N–H and O–H groups in total. The number of amides is 1. The Morgan fingerprint density at radius 3 is 2.27 bits per heavy atom. The van der Waals surface area contributed by atoms with Gasteiger partial charge >= 0.3 is 12.1 Å². The summed E-state index contributed by atoms with van der Waals surface area (Å²) >= 11 is 0. The highest BCUT2D eigenvalue weighted by Gasteiger charge is 2.61. The Balaban J connectivity index is 1.29. The van der Waals surface area contributed by atoms with Crippen molar-refractivity contribution in [2.45, 2.75) is 63.0 Å². The molecular formula is C31H30F3NO5. The number of ether oxygens (including phenoxy) is 1. The van der Waals surface area contributed by atoms with Gasteiger partial charge in [0.05, 0.1) is 16.7 Å². The summed E-state index contributed by atoms with van der Waals surface area (Å²) in [4.78, 5) is 26.3. The number of carbonyl (C=O) groups is 2. The van der Waals surface area contributed by atoms with Crippen LogP contribution < -0.4 is 10.1 Å². The number of fused-ring (bicyclic) bond motifs is 1. The lowest BCUT2D eigenvalue weighted by atomic mass is 9.46. The smallest absolute Gasteiger partial charge is 0.416 e. The minimum absolute atomic E-state index is 0.0882. The first-order valence-corrected chi connectivity index (χ1v) is 13.5. The SMILES string of the molecule is O=C(NC(C(=O)O)C12CC3CC(CC(O)(C3)C1)C2)c1ccc2ccccc2c1OCc1ccc(C(F)(F)F)cc1. The van der Waals surface area contributed by atoms with Crippen LogP contribution in [0.1, 0.15) is 60.0 Å². The monoisotopic (exact) mass is 553 g/mol. The van der Waals surface area contributed by atoms with Gasteiger partial charge in [-0.05, 0) is 79.5 Å². The second-order valence-corrected chi connectivity index (χ2v) is 11.9. The molecule has 0 radical (unpaired) electrons. The topological polar surface area (TPSA) is 95.9 Å². The van der Waals surface area contributed by atoms with E-state index in [1.807, 2.05) is 12.1 Å². The second kappa shape index (κ2) is 9.51. The summed E-state index contributed by atoms with van der Waals surface area (Å²) in [5.41, 5.74) is -1.76. The Bertz CT molecular complexity index is 1450. The molecule has 40 heavy (non-hydrogen) atoms. The van der Waals surface area contributed by atoms with Gasteiger partial charge in [0.25, 0.3) is 5.91 Å². The molecule has 4 aliphatic rings. The number of benzene rings is 3. The van der Waals surface area contributed by atoms with Crippen molar-refractivity contribution < 1.29 is 37.7 Å². The predicted octanol–water partition coefficient (Wildman–Crippen LogP) is 5.95. The van der Waals surface area contributed by atoms with E-state index < -0.39 is 40.7 Å². The van der Waals surface area contributed by atoms with Crippen molar-refractivity contribution in [2.75, 3.05) is 0 Å². The number of aliphatic hydroxyl groups is 1. The Morgan fingerprint density at radius 1 is 0.975 bits per heavy atom. The highest BCUT2D eigenvalue weighted by Crippen LogP contribution is 2.62. The molecule has 3 atom stereocenters. The fourth-order valence-corrected chi connectivity index (χ4v) is 7.83. The maximum Gasteiger partial charge on any atom is 0.416 e. The zero-order chi connectivity index (χ0) is 28.3. The van der Waals surface area contributed by atoms with Crippen LogP contribution in [0.3, 0.4) is 0 Å². The lowest BCUT2D eigenvalue weighted by Crippen LogP contribution is -2.64. The summed E-state index contributed by atoms with van der Waals surface area (Å²) < 4.78 is 45.0. The first-order chi connectivity index (χ1) is 18.9. The molecule has 3 aromatic rings. The van der Waals surface area contributed by atoms with Gasteiger partial charge in [-0.15, -0.1) is 0 Å². The van der Waals surface area contributed by atoms with Crippen LogP contribution in [0.15, 0.2) is 60.7 Å². The van der Waals surface area contributed by atoms with Crippen molar-refractivity contribution in [3.8, 4) is 5.75 Å². The highest BCUT2D eigenvalue weighted by atomic mass is 19.4. The Kier molecular flexibility index (Phi) is 6.33. The lowest BCUT2D eigenvalue weighted by Gasteiger charge is -2.61. The molecule has 0 spiro atoms. The Labute approximate surface area is 229 Å². The number of nitrogens with one attached hydrogen (secondary N) is 1. The third-order valence-corrected chi connectivity index (χ3v) is 9.00. The molecule has 1 amide bonds. The van der Waals surface area contributed by atoms with E-state index >= 15 is 0 Å². The normalized spacial score (nSPS) is 27.9. The molecule has 4 fully saturated rings. The van der Waals surface area contributed by atoms with Gasteiger partial charge in [0.15, 0.2) is 0 Å². The zero-order valence-electron chi connectivity index (χ0n) is 21.7. The molecule has 0 heterocycles. The largest absolute Gasteiger partial charge is 0.487 e. The van der Waals surface area contributed by atoms with Crippen molar-refractivity contribution in [1.82, 2.24) is 5.32 Å². The Morgan fingerprint density at radius 2 is 1.65 bits per heavy atom. The molecule has 9 heteroatoms. The zero-order valence-corrected chi connectivity index (χ0v) is 21.7. The molecule has 0 saturated heterocycles. The maximum atomic E-state index is 13.7. The molecular weight excluding hydrogens is 523 g/mol. The van der Waals surface area contributed by atoms with Crippen LogP contribution in [0.2, 0.25) is 0 Å². The van der Waals surface area contributed by atoms with E-state index in [0.717, 1.165) is 23.9 Å². The van der Waals surface area contributed by atoms with E-state index in [-0.39, 0.29) is 29.8 Å². The number of carboxylic acid groups (broad SMARTS) is 1. The third-order valence-electron chi connectivity index (χ3n) is 9.00. The van der Waals surface area contributed by atoms with Gasteiger partial charge in [-0.3, -0.25) is 4.79 Å². The first kappa shape index (κ1) is 26.6. The average Bonchev–Trinajstić information content (AvgIpc) is 2.88. The fraction of sp³-hybridized carbons (Fsp3) is 0.419. The summed E-state index contributed by atoms with van der Waals surface area (Å²) in [6.07, 6.45) is -0.462. The summed E-state index contributed by atoms with van der Waals surface area (Å²) in [6.45, 7) is -0.0882. The van der Waals surface area contributed by atoms with Crippen molar-refractivity contribution in [3.05, 3.63) is 77.4 Å². The number of aliphatic carboxylic acids is 1. The van der Waals surface area contributed by atoms with Crippen molar-refractivity contribution >= 4 is 22.6 Å². The minimum atomic E-state index is -4.45. The van der Waals surface area contributed by atoms with Crippen LogP contribution in [0, 0.1) is 17.3 Å². The second-order valence-electron chi connectivity index (χ2n) is 11.9. The number of hydrogen-bond acceptors (Lipinski definition) is 4. The molecule has 6 nitrogen and oxygen atoms in total. The van der Waals surface area contributed by atoms with Crippen molar-refractivity contribution in [2.24, 2.45) is 17.3 Å². The van der Waals surface area contributed by atoms with E-state index in [1.165, 1.54) is 12.1 Å². The van der Waals surface area contributed by atoms with Gasteiger partial charge in [0, 0.05) is 10.8 Å². The van der Waals surface area contributed by atoms with Gasteiger partial charge in [-0.1, -0.05) is 42.5 Å². The standard InChI is InChI=1S/C31H30F3NO5/c32-31(33,34)22-8-5-18(6-9-22)16-40-25-23-4-2-1-3-21(23)7-10-24(25)27(36)35-26(28(37)38)29-12-19-11-20(13-29)15-30(39,14-19)17-29/h1-10,19-20,26,39H,11-17H2,(H,35,36)(H,37,38). The lowest BCUT2D eigenvalue weighted by molar-refractivity contribution is -0.181.